The van der Waals surface area contributed by atoms with Crippen molar-refractivity contribution in [3.8, 4) is 11.3 Å². The second-order valence-corrected chi connectivity index (χ2v) is 7.39. The summed E-state index contributed by atoms with van der Waals surface area (Å²) in [5, 5.41) is 2.68. The summed E-state index contributed by atoms with van der Waals surface area (Å²) in [5.41, 5.74) is 0.403. The molecule has 0 saturated carbocycles. The molecule has 0 unspecified atom stereocenters. The molecule has 35 heavy (non-hydrogen) atoms. The molecule has 0 aliphatic rings. The van der Waals surface area contributed by atoms with Gasteiger partial charge < -0.3 is 14.2 Å². The zero-order chi connectivity index (χ0) is 24.8. The molecule has 4 rings (SSSR count). The van der Waals surface area contributed by atoms with E-state index in [-0.39, 0.29) is 23.0 Å². The van der Waals surface area contributed by atoms with Crippen molar-refractivity contribution < 1.29 is 31.6 Å². The van der Waals surface area contributed by atoms with E-state index in [1.165, 1.54) is 48.8 Å². The Hall–Kier alpha value is -4.59. The fourth-order valence-electron chi connectivity index (χ4n) is 3.15. The number of carbonyl (C=O) groups excluding carboxylic acids is 2. The molecule has 2 heterocycles. The maximum absolute atomic E-state index is 12.9. The van der Waals surface area contributed by atoms with Crippen molar-refractivity contribution in [1.82, 2.24) is 0 Å². The zero-order valence-corrected chi connectivity index (χ0v) is 18.1. The number of furan rings is 2. The van der Waals surface area contributed by atoms with E-state index in [0.29, 0.717) is 22.8 Å². The van der Waals surface area contributed by atoms with Crippen LogP contribution in [0.15, 0.2) is 100 Å². The third-order valence-corrected chi connectivity index (χ3v) is 4.88. The molecule has 0 aliphatic heterocycles. The maximum Gasteiger partial charge on any atom is 0.416 e. The summed E-state index contributed by atoms with van der Waals surface area (Å²) < 4.78 is 49.5. The molecule has 2 aromatic heterocycles. The van der Waals surface area contributed by atoms with E-state index in [1.54, 1.807) is 42.5 Å². The fourth-order valence-corrected chi connectivity index (χ4v) is 3.15. The number of alkyl halides is 3. The summed E-state index contributed by atoms with van der Waals surface area (Å²) in [6.07, 6.45) is 2.65. The van der Waals surface area contributed by atoms with Gasteiger partial charge in [-0.2, -0.15) is 13.2 Å². The molecule has 0 aliphatic carbocycles. The first-order valence-corrected chi connectivity index (χ1v) is 10.4. The quantitative estimate of drug-likeness (QED) is 0.228. The fraction of sp³-hybridized carbons (Fsp3) is 0.0370. The van der Waals surface area contributed by atoms with Crippen LogP contribution in [-0.4, -0.2) is 11.7 Å². The van der Waals surface area contributed by atoms with Gasteiger partial charge in [0.25, 0.3) is 0 Å². The Morgan fingerprint density at radius 3 is 2.31 bits per heavy atom. The molecule has 0 fully saturated rings. The van der Waals surface area contributed by atoms with E-state index < -0.39 is 11.7 Å². The van der Waals surface area contributed by atoms with Crippen LogP contribution in [0.3, 0.4) is 0 Å². The van der Waals surface area contributed by atoms with Gasteiger partial charge in [-0.3, -0.25) is 9.59 Å². The Morgan fingerprint density at radius 1 is 0.829 bits per heavy atom. The predicted molar refractivity (Wildman–Crippen MR) is 125 cm³/mol. The summed E-state index contributed by atoms with van der Waals surface area (Å²) in [4.78, 5) is 24.4. The minimum Gasteiger partial charge on any atom is -0.465 e. The smallest absolute Gasteiger partial charge is 0.416 e. The Balaban J connectivity index is 1.37. The van der Waals surface area contributed by atoms with Crippen molar-refractivity contribution in [3.05, 3.63) is 114 Å². The summed E-state index contributed by atoms with van der Waals surface area (Å²) in [5.74, 6) is 0.459. The summed E-state index contributed by atoms with van der Waals surface area (Å²) in [6, 6.07) is 17.7. The van der Waals surface area contributed by atoms with Crippen molar-refractivity contribution >= 4 is 29.5 Å². The molecule has 0 radical (unpaired) electrons. The largest absolute Gasteiger partial charge is 0.465 e. The van der Waals surface area contributed by atoms with Crippen molar-refractivity contribution in [2.45, 2.75) is 6.18 Å². The Bertz CT molecular complexity index is 1380. The van der Waals surface area contributed by atoms with E-state index in [2.05, 4.69) is 5.32 Å². The van der Waals surface area contributed by atoms with Crippen molar-refractivity contribution in [2.75, 3.05) is 5.32 Å². The van der Waals surface area contributed by atoms with Gasteiger partial charge in [0.05, 0.1) is 11.8 Å². The van der Waals surface area contributed by atoms with Gasteiger partial charge in [0.15, 0.2) is 5.78 Å². The van der Waals surface area contributed by atoms with Crippen LogP contribution >= 0.6 is 0 Å². The summed E-state index contributed by atoms with van der Waals surface area (Å²) in [7, 11) is 0. The Kier molecular flexibility index (Phi) is 6.82. The molecule has 1 N–H and O–H groups in total. The van der Waals surface area contributed by atoms with Gasteiger partial charge >= 0.3 is 6.18 Å². The average molecular weight is 477 g/mol. The monoisotopic (exact) mass is 477 g/mol. The standard InChI is InChI=1S/C27H18F3NO4/c28-27(29,30)20-4-1-3-19(17-20)25-14-11-23(35-25)10-13-24(32)18-6-8-21(9-7-18)31-26(33)15-12-22-5-2-16-34-22/h1-17H,(H,31,33)/b13-10+,15-12+. The van der Waals surface area contributed by atoms with Crippen LogP contribution in [0.1, 0.15) is 27.4 Å². The van der Waals surface area contributed by atoms with Crippen LogP contribution in [0, 0.1) is 0 Å². The highest BCUT2D eigenvalue weighted by atomic mass is 19.4. The number of benzene rings is 2. The molecule has 0 atom stereocenters. The lowest BCUT2D eigenvalue weighted by molar-refractivity contribution is -0.137. The minimum absolute atomic E-state index is 0.254. The van der Waals surface area contributed by atoms with Gasteiger partial charge in [0.2, 0.25) is 5.91 Å². The normalized spacial score (nSPS) is 11.9. The number of anilines is 1. The molecule has 176 valence electrons. The van der Waals surface area contributed by atoms with E-state index in [0.717, 1.165) is 12.1 Å². The van der Waals surface area contributed by atoms with Crippen molar-refractivity contribution in [3.63, 3.8) is 0 Å². The SMILES string of the molecule is O=C(/C=C/c1ccco1)Nc1ccc(C(=O)/C=C/c2ccc(-c3cccc(C(F)(F)F)c3)o2)cc1. The second kappa shape index (κ2) is 10.1. The molecule has 1 amide bonds. The highest BCUT2D eigenvalue weighted by molar-refractivity contribution is 6.07. The molecule has 0 bridgehead atoms. The van der Waals surface area contributed by atoms with Gasteiger partial charge in [0, 0.05) is 22.9 Å². The number of amides is 1. The maximum atomic E-state index is 12.9. The summed E-state index contributed by atoms with van der Waals surface area (Å²) >= 11 is 0. The van der Waals surface area contributed by atoms with E-state index in [9.17, 15) is 22.8 Å². The third-order valence-electron chi connectivity index (χ3n) is 4.88. The Labute approximate surface area is 198 Å². The van der Waals surface area contributed by atoms with Gasteiger partial charge in [-0.1, -0.05) is 12.1 Å². The van der Waals surface area contributed by atoms with Crippen LogP contribution in [0.25, 0.3) is 23.5 Å². The number of halogens is 3. The molecule has 0 saturated heterocycles. The number of hydrogen-bond donors (Lipinski definition) is 1. The van der Waals surface area contributed by atoms with Crippen LogP contribution < -0.4 is 5.32 Å². The molecule has 4 aromatic rings. The number of allylic oxidation sites excluding steroid dienone is 1. The zero-order valence-electron chi connectivity index (χ0n) is 18.1. The number of nitrogens with one attached hydrogen (secondary N) is 1. The number of hydrogen-bond acceptors (Lipinski definition) is 4. The Morgan fingerprint density at radius 2 is 1.60 bits per heavy atom. The first kappa shape index (κ1) is 23.6. The molecule has 5 nitrogen and oxygen atoms in total. The average Bonchev–Trinajstić information content (AvgIpc) is 3.54. The van der Waals surface area contributed by atoms with E-state index in [1.807, 2.05) is 0 Å². The van der Waals surface area contributed by atoms with Gasteiger partial charge in [-0.05, 0) is 78.9 Å². The van der Waals surface area contributed by atoms with Crippen LogP contribution in [0.5, 0.6) is 0 Å². The lowest BCUT2D eigenvalue weighted by atomic mass is 10.1. The second-order valence-electron chi connectivity index (χ2n) is 7.39. The first-order valence-electron chi connectivity index (χ1n) is 10.4. The van der Waals surface area contributed by atoms with Gasteiger partial charge in [0.1, 0.15) is 17.3 Å². The lowest BCUT2D eigenvalue weighted by Gasteiger charge is -2.07. The number of ketones is 1. The van der Waals surface area contributed by atoms with Crippen LogP contribution in [0.4, 0.5) is 18.9 Å². The highest BCUT2D eigenvalue weighted by Crippen LogP contribution is 2.32. The molecule has 0 spiro atoms. The molecular weight excluding hydrogens is 459 g/mol. The predicted octanol–water partition coefficient (Wildman–Crippen LogP) is 7.11. The molecular formula is C27H18F3NO4. The van der Waals surface area contributed by atoms with Crippen LogP contribution in [0.2, 0.25) is 0 Å². The van der Waals surface area contributed by atoms with Crippen molar-refractivity contribution in [2.24, 2.45) is 0 Å². The van der Waals surface area contributed by atoms with Gasteiger partial charge in [-0.15, -0.1) is 0 Å². The van der Waals surface area contributed by atoms with E-state index >= 15 is 0 Å². The van der Waals surface area contributed by atoms with Crippen LogP contribution in [-0.2, 0) is 11.0 Å². The third kappa shape index (κ3) is 6.26. The topological polar surface area (TPSA) is 72.5 Å². The lowest BCUT2D eigenvalue weighted by Crippen LogP contribution is -2.07. The number of rotatable bonds is 7. The van der Waals surface area contributed by atoms with Crippen molar-refractivity contribution in [1.29, 1.82) is 0 Å². The number of carbonyl (C=O) groups is 2. The summed E-state index contributed by atoms with van der Waals surface area (Å²) in [6.45, 7) is 0. The molecule has 2 aromatic carbocycles. The van der Waals surface area contributed by atoms with E-state index in [4.69, 9.17) is 8.83 Å². The van der Waals surface area contributed by atoms with Gasteiger partial charge in [-0.25, -0.2) is 0 Å². The first-order chi connectivity index (χ1) is 16.8. The molecule has 8 heteroatoms. The highest BCUT2D eigenvalue weighted by Gasteiger charge is 2.30. The minimum atomic E-state index is -4.45.